The Balaban J connectivity index is 1.71. The third-order valence-electron chi connectivity index (χ3n) is 6.16. The van der Waals surface area contributed by atoms with Gasteiger partial charge in [0, 0.05) is 37.6 Å². The molecule has 0 aliphatic heterocycles. The lowest BCUT2D eigenvalue weighted by Gasteiger charge is -2.20. The molecule has 0 unspecified atom stereocenters. The van der Waals surface area contributed by atoms with Crippen molar-refractivity contribution >= 4 is 35.7 Å². The third kappa shape index (κ3) is 6.39. The molecule has 0 saturated heterocycles. The minimum Gasteiger partial charge on any atom is -0.372 e. The molecule has 0 spiro atoms. The molecule has 0 bridgehead atoms. The maximum atomic E-state index is 9.69. The van der Waals surface area contributed by atoms with Crippen molar-refractivity contribution in [3.63, 3.8) is 0 Å². The molecule has 0 amide bonds. The van der Waals surface area contributed by atoms with Gasteiger partial charge in [-0.05, 0) is 80.3 Å². The molecule has 0 N–H and O–H groups in total. The van der Waals surface area contributed by atoms with Crippen molar-refractivity contribution in [3.05, 3.63) is 94.5 Å². The Hall–Kier alpha value is -3.77. The van der Waals surface area contributed by atoms with E-state index in [1.54, 1.807) is 0 Å². The molecule has 3 aromatic rings. The molecule has 0 aliphatic carbocycles. The molecule has 34 heavy (non-hydrogen) atoms. The van der Waals surface area contributed by atoms with Crippen LogP contribution in [0.2, 0.25) is 0 Å². The highest BCUT2D eigenvalue weighted by Crippen LogP contribution is 2.20. The third-order valence-corrected chi connectivity index (χ3v) is 6.16. The van der Waals surface area contributed by atoms with Crippen LogP contribution in [0.5, 0.6) is 0 Å². The molecular formula is C31H35N3. The number of anilines is 2. The first kappa shape index (κ1) is 24.9. The summed E-state index contributed by atoms with van der Waals surface area (Å²) >= 11 is 0. The second kappa shape index (κ2) is 12.5. The van der Waals surface area contributed by atoms with Gasteiger partial charge in [0.1, 0.15) is 0 Å². The Morgan fingerprint density at radius 3 is 1.44 bits per heavy atom. The first-order valence-electron chi connectivity index (χ1n) is 12.2. The van der Waals surface area contributed by atoms with Gasteiger partial charge >= 0.3 is 0 Å². The van der Waals surface area contributed by atoms with E-state index in [9.17, 15) is 5.26 Å². The van der Waals surface area contributed by atoms with E-state index in [1.807, 2.05) is 18.2 Å². The minimum atomic E-state index is 0.676. The summed E-state index contributed by atoms with van der Waals surface area (Å²) in [6.45, 7) is 12.7. The molecular weight excluding hydrogens is 414 g/mol. The number of hydrogen-bond donors (Lipinski definition) is 0. The first-order chi connectivity index (χ1) is 16.6. The lowest BCUT2D eigenvalue weighted by atomic mass is 10.0. The maximum absolute atomic E-state index is 9.69. The smallest absolute Gasteiger partial charge is 0.0998 e. The molecule has 0 aromatic heterocycles. The van der Waals surface area contributed by atoms with Crippen molar-refractivity contribution in [2.75, 3.05) is 36.0 Å². The lowest BCUT2D eigenvalue weighted by Crippen LogP contribution is -2.21. The summed E-state index contributed by atoms with van der Waals surface area (Å²) in [5.41, 5.74) is 7.37. The molecule has 0 saturated carbocycles. The van der Waals surface area contributed by atoms with Gasteiger partial charge in [-0.25, -0.2) is 0 Å². The summed E-state index contributed by atoms with van der Waals surface area (Å²) in [6.07, 6.45) is 8.24. The summed E-state index contributed by atoms with van der Waals surface area (Å²) in [6, 6.07) is 25.5. The highest BCUT2D eigenvalue weighted by molar-refractivity contribution is 5.76. The van der Waals surface area contributed by atoms with Gasteiger partial charge in [0.05, 0.1) is 11.6 Å². The van der Waals surface area contributed by atoms with Crippen LogP contribution in [-0.4, -0.2) is 26.2 Å². The zero-order chi connectivity index (χ0) is 24.3. The van der Waals surface area contributed by atoms with Crippen LogP contribution in [0.4, 0.5) is 11.4 Å². The monoisotopic (exact) mass is 449 g/mol. The van der Waals surface area contributed by atoms with Gasteiger partial charge in [0.25, 0.3) is 0 Å². The van der Waals surface area contributed by atoms with E-state index in [4.69, 9.17) is 0 Å². The fourth-order valence-electron chi connectivity index (χ4n) is 4.07. The van der Waals surface area contributed by atoms with E-state index in [2.05, 4.69) is 116 Å². The lowest BCUT2D eigenvalue weighted by molar-refractivity contribution is 0.866. The first-order valence-corrected chi connectivity index (χ1v) is 12.2. The van der Waals surface area contributed by atoms with Crippen molar-refractivity contribution in [2.24, 2.45) is 0 Å². The van der Waals surface area contributed by atoms with Crippen LogP contribution < -0.4 is 9.80 Å². The summed E-state index contributed by atoms with van der Waals surface area (Å²) in [5.74, 6) is 0. The van der Waals surface area contributed by atoms with E-state index in [1.165, 1.54) is 11.4 Å². The van der Waals surface area contributed by atoms with E-state index in [0.29, 0.717) is 5.56 Å². The average molecular weight is 450 g/mol. The van der Waals surface area contributed by atoms with Crippen molar-refractivity contribution in [1.29, 1.82) is 5.26 Å². The van der Waals surface area contributed by atoms with Gasteiger partial charge in [-0.3, -0.25) is 0 Å². The van der Waals surface area contributed by atoms with Crippen molar-refractivity contribution in [1.82, 2.24) is 0 Å². The van der Waals surface area contributed by atoms with E-state index >= 15 is 0 Å². The standard InChI is InChI=1S/C31H35N3/c1-5-33(6-2)30-19-13-25(14-20-30)9-10-27-12-18-28(29(23-27)24-32)17-11-26-15-21-31(22-16-26)34(7-3)8-4/h9-23H,5-8H2,1-4H3. The molecule has 3 heteroatoms. The van der Waals surface area contributed by atoms with E-state index in [0.717, 1.165) is 48.4 Å². The average Bonchev–Trinajstić information content (AvgIpc) is 2.89. The predicted octanol–water partition coefficient (Wildman–Crippen LogP) is 7.59. The number of nitrogens with zero attached hydrogens (tertiary/aromatic N) is 3. The summed E-state index contributed by atoms with van der Waals surface area (Å²) in [7, 11) is 0. The summed E-state index contributed by atoms with van der Waals surface area (Å²) in [4.78, 5) is 4.66. The van der Waals surface area contributed by atoms with Crippen LogP contribution in [0.3, 0.4) is 0 Å². The van der Waals surface area contributed by atoms with Crippen LogP contribution in [0.1, 0.15) is 55.5 Å². The van der Waals surface area contributed by atoms with Crippen LogP contribution >= 0.6 is 0 Å². The molecule has 0 radical (unpaired) electrons. The highest BCUT2D eigenvalue weighted by atomic mass is 15.1. The molecule has 174 valence electrons. The molecule has 0 fully saturated rings. The van der Waals surface area contributed by atoms with Gasteiger partial charge in [0.2, 0.25) is 0 Å². The fourth-order valence-corrected chi connectivity index (χ4v) is 4.07. The Bertz CT molecular complexity index is 1140. The molecule has 3 rings (SSSR count). The second-order valence-electron chi connectivity index (χ2n) is 8.15. The zero-order valence-corrected chi connectivity index (χ0v) is 20.8. The van der Waals surface area contributed by atoms with E-state index < -0.39 is 0 Å². The normalized spacial score (nSPS) is 11.1. The highest BCUT2D eigenvalue weighted by Gasteiger charge is 2.03. The summed E-state index contributed by atoms with van der Waals surface area (Å²) < 4.78 is 0. The molecule has 0 heterocycles. The number of rotatable bonds is 10. The topological polar surface area (TPSA) is 30.3 Å². The van der Waals surface area contributed by atoms with Crippen LogP contribution in [0.25, 0.3) is 24.3 Å². The second-order valence-corrected chi connectivity index (χ2v) is 8.15. The Morgan fingerprint density at radius 1 is 0.588 bits per heavy atom. The molecule has 3 nitrogen and oxygen atoms in total. The van der Waals surface area contributed by atoms with Gasteiger partial charge in [-0.15, -0.1) is 0 Å². The Kier molecular flexibility index (Phi) is 9.12. The number of benzene rings is 3. The van der Waals surface area contributed by atoms with Crippen LogP contribution in [-0.2, 0) is 0 Å². The predicted molar refractivity (Wildman–Crippen MR) is 149 cm³/mol. The SMILES string of the molecule is CCN(CC)c1ccc(C=Cc2ccc(C=Cc3ccc(N(CC)CC)cc3)c(C#N)c2)cc1. The quantitative estimate of drug-likeness (QED) is 0.299. The molecule has 0 aliphatic rings. The maximum Gasteiger partial charge on any atom is 0.0998 e. The van der Waals surface area contributed by atoms with Gasteiger partial charge < -0.3 is 9.80 Å². The number of nitriles is 1. The zero-order valence-electron chi connectivity index (χ0n) is 20.8. The molecule has 0 atom stereocenters. The fraction of sp³-hybridized carbons (Fsp3) is 0.258. The van der Waals surface area contributed by atoms with Crippen molar-refractivity contribution in [3.8, 4) is 6.07 Å². The Morgan fingerprint density at radius 2 is 1.00 bits per heavy atom. The molecule has 3 aromatic carbocycles. The van der Waals surface area contributed by atoms with Gasteiger partial charge in [-0.2, -0.15) is 5.26 Å². The summed E-state index contributed by atoms with van der Waals surface area (Å²) in [5, 5.41) is 9.69. The number of hydrogen-bond acceptors (Lipinski definition) is 3. The minimum absolute atomic E-state index is 0.676. The largest absolute Gasteiger partial charge is 0.372 e. The van der Waals surface area contributed by atoms with E-state index in [-0.39, 0.29) is 0 Å². The van der Waals surface area contributed by atoms with Gasteiger partial charge in [-0.1, -0.05) is 60.7 Å². The van der Waals surface area contributed by atoms with Crippen LogP contribution in [0, 0.1) is 11.3 Å². The van der Waals surface area contributed by atoms with Crippen molar-refractivity contribution < 1.29 is 0 Å². The van der Waals surface area contributed by atoms with Crippen molar-refractivity contribution in [2.45, 2.75) is 27.7 Å². The Labute approximate surface area is 205 Å². The van der Waals surface area contributed by atoms with Gasteiger partial charge in [0.15, 0.2) is 0 Å². The van der Waals surface area contributed by atoms with Crippen LogP contribution in [0.15, 0.2) is 66.7 Å².